The standard InChI is InChI=1S/C16H16BrNO3S/c1-9(11-4-5-13(21-3)12(17)8-11)18-16(20)15-7-6-14(22-15)10(2)19/h4-9H,1-3H3,(H,18,20)/t9-/m1/s1. The first-order valence-electron chi connectivity index (χ1n) is 6.67. The van der Waals surface area contributed by atoms with Gasteiger partial charge in [-0.3, -0.25) is 9.59 Å². The number of methoxy groups -OCH3 is 1. The molecule has 0 saturated heterocycles. The monoisotopic (exact) mass is 381 g/mol. The van der Waals surface area contributed by atoms with Gasteiger partial charge in [-0.2, -0.15) is 0 Å². The molecule has 0 saturated carbocycles. The number of ether oxygens (including phenoxy) is 1. The second kappa shape index (κ2) is 7.07. The van der Waals surface area contributed by atoms with Gasteiger partial charge in [-0.05, 0) is 59.6 Å². The van der Waals surface area contributed by atoms with Crippen LogP contribution in [0.3, 0.4) is 0 Å². The molecule has 1 amide bonds. The molecule has 22 heavy (non-hydrogen) atoms. The third kappa shape index (κ3) is 3.75. The maximum Gasteiger partial charge on any atom is 0.261 e. The number of halogens is 1. The third-order valence-corrected chi connectivity index (χ3v) is 5.00. The van der Waals surface area contributed by atoms with E-state index in [0.717, 1.165) is 15.8 Å². The molecule has 1 heterocycles. The molecule has 1 N–H and O–H groups in total. The molecule has 0 radical (unpaired) electrons. The molecule has 4 nitrogen and oxygen atoms in total. The summed E-state index contributed by atoms with van der Waals surface area (Å²) in [5, 5.41) is 2.93. The molecule has 0 aliphatic rings. The molecular formula is C16H16BrNO3S. The summed E-state index contributed by atoms with van der Waals surface area (Å²) in [6.45, 7) is 3.40. The van der Waals surface area contributed by atoms with Gasteiger partial charge in [0.25, 0.3) is 5.91 Å². The molecule has 1 aromatic carbocycles. The highest BCUT2D eigenvalue weighted by molar-refractivity contribution is 9.10. The van der Waals surface area contributed by atoms with Crippen LogP contribution in [0.1, 0.15) is 44.8 Å². The van der Waals surface area contributed by atoms with Crippen LogP contribution < -0.4 is 10.1 Å². The van der Waals surface area contributed by atoms with Gasteiger partial charge in [-0.25, -0.2) is 0 Å². The molecule has 1 aromatic heterocycles. The van der Waals surface area contributed by atoms with E-state index >= 15 is 0 Å². The van der Waals surface area contributed by atoms with Crippen LogP contribution in [-0.2, 0) is 0 Å². The van der Waals surface area contributed by atoms with E-state index < -0.39 is 0 Å². The van der Waals surface area contributed by atoms with Crippen LogP contribution in [0.5, 0.6) is 5.75 Å². The normalized spacial score (nSPS) is 11.8. The summed E-state index contributed by atoms with van der Waals surface area (Å²) in [5.74, 6) is 0.528. The third-order valence-electron chi connectivity index (χ3n) is 3.20. The Morgan fingerprint density at radius 1 is 1.23 bits per heavy atom. The van der Waals surface area contributed by atoms with Crippen molar-refractivity contribution >= 4 is 39.0 Å². The number of Topliss-reactive ketones (excluding diaryl/α,β-unsaturated/α-hetero) is 1. The van der Waals surface area contributed by atoms with Crippen molar-refractivity contribution in [2.75, 3.05) is 7.11 Å². The van der Waals surface area contributed by atoms with Gasteiger partial charge in [0.15, 0.2) is 5.78 Å². The lowest BCUT2D eigenvalue weighted by Gasteiger charge is -2.15. The van der Waals surface area contributed by atoms with E-state index in [9.17, 15) is 9.59 Å². The number of amides is 1. The molecule has 2 rings (SSSR count). The number of carbonyl (C=O) groups is 2. The van der Waals surface area contributed by atoms with Gasteiger partial charge >= 0.3 is 0 Å². The number of hydrogen-bond acceptors (Lipinski definition) is 4. The maximum atomic E-state index is 12.2. The molecule has 116 valence electrons. The molecule has 0 aliphatic carbocycles. The Balaban J connectivity index is 2.10. The van der Waals surface area contributed by atoms with Crippen molar-refractivity contribution in [1.29, 1.82) is 0 Å². The Bertz CT molecular complexity index is 711. The Morgan fingerprint density at radius 3 is 2.45 bits per heavy atom. The average molecular weight is 382 g/mol. The second-order valence-electron chi connectivity index (χ2n) is 4.81. The van der Waals surface area contributed by atoms with E-state index in [1.807, 2.05) is 25.1 Å². The number of ketones is 1. The van der Waals surface area contributed by atoms with Crippen LogP contribution in [0, 0.1) is 0 Å². The Kier molecular flexibility index (Phi) is 5.37. The number of rotatable bonds is 5. The highest BCUT2D eigenvalue weighted by Crippen LogP contribution is 2.28. The Hall–Kier alpha value is -1.66. The van der Waals surface area contributed by atoms with Crippen LogP contribution in [0.15, 0.2) is 34.8 Å². The van der Waals surface area contributed by atoms with E-state index in [1.165, 1.54) is 18.3 Å². The van der Waals surface area contributed by atoms with Crippen LogP contribution in [-0.4, -0.2) is 18.8 Å². The average Bonchev–Trinajstić information content (AvgIpc) is 2.97. The number of thiophene rings is 1. The lowest BCUT2D eigenvalue weighted by Crippen LogP contribution is -2.25. The van der Waals surface area contributed by atoms with Gasteiger partial charge < -0.3 is 10.1 Å². The fraction of sp³-hybridized carbons (Fsp3) is 0.250. The van der Waals surface area contributed by atoms with Gasteiger partial charge in [0.2, 0.25) is 0 Å². The molecule has 2 aromatic rings. The summed E-state index contributed by atoms with van der Waals surface area (Å²) in [7, 11) is 1.61. The topological polar surface area (TPSA) is 55.4 Å². The van der Waals surface area contributed by atoms with E-state index in [2.05, 4.69) is 21.2 Å². The van der Waals surface area contributed by atoms with Gasteiger partial charge in [0.1, 0.15) is 5.75 Å². The highest BCUT2D eigenvalue weighted by Gasteiger charge is 2.15. The SMILES string of the molecule is COc1ccc([C@@H](C)NC(=O)c2ccc(C(C)=O)s2)cc1Br. The molecule has 6 heteroatoms. The smallest absolute Gasteiger partial charge is 0.261 e. The quantitative estimate of drug-likeness (QED) is 0.789. The van der Waals surface area contributed by atoms with Crippen molar-refractivity contribution in [3.8, 4) is 5.75 Å². The van der Waals surface area contributed by atoms with Crippen molar-refractivity contribution in [2.24, 2.45) is 0 Å². The summed E-state index contributed by atoms with van der Waals surface area (Å²) in [6.07, 6.45) is 0. The largest absolute Gasteiger partial charge is 0.496 e. The molecule has 0 aliphatic heterocycles. The van der Waals surface area contributed by atoms with Gasteiger partial charge in [-0.1, -0.05) is 6.07 Å². The van der Waals surface area contributed by atoms with Crippen LogP contribution in [0.2, 0.25) is 0 Å². The van der Waals surface area contributed by atoms with Crippen molar-refractivity contribution in [1.82, 2.24) is 5.32 Å². The predicted octanol–water partition coefficient (Wildman–Crippen LogP) is 4.21. The zero-order valence-corrected chi connectivity index (χ0v) is 14.9. The minimum Gasteiger partial charge on any atom is -0.496 e. The van der Waals surface area contributed by atoms with Crippen LogP contribution in [0.25, 0.3) is 0 Å². The van der Waals surface area contributed by atoms with Crippen molar-refractivity contribution in [3.05, 3.63) is 50.1 Å². The molecule has 0 fully saturated rings. The van der Waals surface area contributed by atoms with Crippen LogP contribution >= 0.6 is 27.3 Å². The predicted molar refractivity (Wildman–Crippen MR) is 90.9 cm³/mol. The van der Waals surface area contributed by atoms with E-state index in [0.29, 0.717) is 9.75 Å². The zero-order valence-electron chi connectivity index (χ0n) is 12.5. The minimum atomic E-state index is -0.183. The summed E-state index contributed by atoms with van der Waals surface area (Å²) >= 11 is 4.64. The fourth-order valence-corrected chi connectivity index (χ4v) is 3.32. The van der Waals surface area contributed by atoms with E-state index in [4.69, 9.17) is 4.74 Å². The fourth-order valence-electron chi connectivity index (χ4n) is 1.95. The molecular weight excluding hydrogens is 366 g/mol. The summed E-state index contributed by atoms with van der Waals surface area (Å²) in [5.41, 5.74) is 0.962. The van der Waals surface area contributed by atoms with E-state index in [1.54, 1.807) is 19.2 Å². The van der Waals surface area contributed by atoms with Crippen molar-refractivity contribution < 1.29 is 14.3 Å². The maximum absolute atomic E-state index is 12.2. The number of hydrogen-bond donors (Lipinski definition) is 1. The first kappa shape index (κ1) is 16.7. The summed E-state index contributed by atoms with van der Waals surface area (Å²) in [6, 6.07) is 8.87. The van der Waals surface area contributed by atoms with Crippen LogP contribution in [0.4, 0.5) is 0 Å². The molecule has 1 atom stereocenters. The Morgan fingerprint density at radius 2 is 1.91 bits per heavy atom. The van der Waals surface area contributed by atoms with Crippen molar-refractivity contribution in [3.63, 3.8) is 0 Å². The molecule has 0 unspecified atom stereocenters. The van der Waals surface area contributed by atoms with Gasteiger partial charge in [0, 0.05) is 0 Å². The summed E-state index contributed by atoms with van der Waals surface area (Å²) in [4.78, 5) is 24.6. The van der Waals surface area contributed by atoms with Gasteiger partial charge in [0.05, 0.1) is 27.4 Å². The lowest BCUT2D eigenvalue weighted by molar-refractivity contribution is 0.0943. The van der Waals surface area contributed by atoms with E-state index in [-0.39, 0.29) is 17.7 Å². The Labute approximate surface area is 141 Å². The lowest BCUT2D eigenvalue weighted by atomic mass is 10.1. The first-order valence-corrected chi connectivity index (χ1v) is 8.28. The highest BCUT2D eigenvalue weighted by atomic mass is 79.9. The first-order chi connectivity index (χ1) is 10.4. The van der Waals surface area contributed by atoms with Crippen molar-refractivity contribution in [2.45, 2.75) is 19.9 Å². The summed E-state index contributed by atoms with van der Waals surface area (Å²) < 4.78 is 6.03. The second-order valence-corrected chi connectivity index (χ2v) is 6.75. The number of carbonyl (C=O) groups excluding carboxylic acids is 2. The molecule has 0 bridgehead atoms. The van der Waals surface area contributed by atoms with Gasteiger partial charge in [-0.15, -0.1) is 11.3 Å². The molecule has 0 spiro atoms. The zero-order chi connectivity index (χ0) is 16.3. The number of nitrogens with one attached hydrogen (secondary N) is 1. The minimum absolute atomic E-state index is 0.0313. The number of benzene rings is 1.